The molecule has 0 saturated heterocycles. The number of rotatable bonds is 7. The van der Waals surface area contributed by atoms with E-state index in [1.165, 1.54) is 7.11 Å². The Balaban J connectivity index is 2.20. The second-order valence-electron chi connectivity index (χ2n) is 5.12. The van der Waals surface area contributed by atoms with Crippen molar-refractivity contribution in [2.45, 2.75) is 12.5 Å². The summed E-state index contributed by atoms with van der Waals surface area (Å²) >= 11 is 0. The number of hydrogen-bond donors (Lipinski definition) is 0. The fourth-order valence-electron chi connectivity index (χ4n) is 2.28. The number of carbonyl (C=O) groups excluding carboxylic acids is 1. The first kappa shape index (κ1) is 17.5. The van der Waals surface area contributed by atoms with Crippen molar-refractivity contribution in [2.75, 3.05) is 21.3 Å². The van der Waals surface area contributed by atoms with Gasteiger partial charge in [0.05, 0.1) is 21.3 Å². The predicted octanol–water partition coefficient (Wildman–Crippen LogP) is 2.91. The van der Waals surface area contributed by atoms with Crippen molar-refractivity contribution in [1.29, 1.82) is 0 Å². The number of hydrogen-bond acceptors (Lipinski definition) is 5. The first-order chi connectivity index (χ1) is 11.7. The zero-order chi connectivity index (χ0) is 17.4. The third kappa shape index (κ3) is 4.59. The largest absolute Gasteiger partial charge is 0.493 e. The van der Waals surface area contributed by atoms with E-state index in [0.717, 1.165) is 11.1 Å². The number of ether oxygens (including phenoxy) is 3. The molecule has 0 amide bonds. The van der Waals surface area contributed by atoms with Gasteiger partial charge in [-0.15, -0.1) is 0 Å². The highest BCUT2D eigenvalue weighted by molar-refractivity contribution is 5.84. The van der Waals surface area contributed by atoms with E-state index in [4.69, 9.17) is 14.2 Å². The summed E-state index contributed by atoms with van der Waals surface area (Å²) in [4.78, 5) is 16.4. The van der Waals surface area contributed by atoms with Crippen LogP contribution in [-0.2, 0) is 16.0 Å². The van der Waals surface area contributed by atoms with Crippen molar-refractivity contribution >= 4 is 12.2 Å². The summed E-state index contributed by atoms with van der Waals surface area (Å²) in [5, 5.41) is 0. The van der Waals surface area contributed by atoms with Gasteiger partial charge in [0.1, 0.15) is 0 Å². The van der Waals surface area contributed by atoms with Gasteiger partial charge in [-0.05, 0) is 23.3 Å². The van der Waals surface area contributed by atoms with Crippen LogP contribution in [-0.4, -0.2) is 39.6 Å². The Kier molecular flexibility index (Phi) is 6.37. The Hall–Kier alpha value is -2.82. The van der Waals surface area contributed by atoms with Crippen LogP contribution in [0.15, 0.2) is 53.5 Å². The Bertz CT molecular complexity index is 698. The maximum absolute atomic E-state index is 12.0. The van der Waals surface area contributed by atoms with Gasteiger partial charge >= 0.3 is 5.97 Å². The second-order valence-corrected chi connectivity index (χ2v) is 5.12. The minimum absolute atomic E-state index is 0.378. The molecule has 5 nitrogen and oxygen atoms in total. The molecule has 2 rings (SSSR count). The molecule has 2 aromatic rings. The zero-order valence-corrected chi connectivity index (χ0v) is 14.1. The molecule has 0 aliphatic carbocycles. The van der Waals surface area contributed by atoms with Crippen LogP contribution in [0.1, 0.15) is 11.1 Å². The molecular formula is C19H21NO4. The molecule has 0 saturated carbocycles. The summed E-state index contributed by atoms with van der Waals surface area (Å²) < 4.78 is 15.4. The van der Waals surface area contributed by atoms with E-state index >= 15 is 0 Å². The Morgan fingerprint density at radius 1 is 1.04 bits per heavy atom. The fraction of sp³-hybridized carbons (Fsp3) is 0.263. The molecule has 0 N–H and O–H groups in total. The van der Waals surface area contributed by atoms with Crippen molar-refractivity contribution in [1.82, 2.24) is 0 Å². The molecule has 5 heteroatoms. The lowest BCUT2D eigenvalue weighted by atomic mass is 10.1. The number of nitrogens with zero attached hydrogens (tertiary/aromatic N) is 1. The highest BCUT2D eigenvalue weighted by Gasteiger charge is 2.19. The van der Waals surface area contributed by atoms with Gasteiger partial charge in [0.2, 0.25) is 0 Å². The molecule has 0 bridgehead atoms. The maximum atomic E-state index is 12.0. The maximum Gasteiger partial charge on any atom is 0.330 e. The SMILES string of the molecule is COC(=O)C(Cc1ccc(OC)c(OC)c1)N=Cc1ccccc1. The normalized spacial score (nSPS) is 12.0. The molecule has 0 fully saturated rings. The number of methoxy groups -OCH3 is 3. The zero-order valence-electron chi connectivity index (χ0n) is 14.1. The fourth-order valence-corrected chi connectivity index (χ4v) is 2.28. The van der Waals surface area contributed by atoms with Gasteiger partial charge in [0.25, 0.3) is 0 Å². The van der Waals surface area contributed by atoms with Crippen molar-refractivity contribution < 1.29 is 19.0 Å². The summed E-state index contributed by atoms with van der Waals surface area (Å²) in [5.41, 5.74) is 1.84. The minimum Gasteiger partial charge on any atom is -0.493 e. The Morgan fingerprint density at radius 2 is 1.75 bits per heavy atom. The van der Waals surface area contributed by atoms with Gasteiger partial charge in [-0.1, -0.05) is 36.4 Å². The summed E-state index contributed by atoms with van der Waals surface area (Å²) in [5.74, 6) is 0.881. The van der Waals surface area contributed by atoms with Gasteiger partial charge < -0.3 is 14.2 Å². The van der Waals surface area contributed by atoms with Gasteiger partial charge in [-0.2, -0.15) is 0 Å². The van der Waals surface area contributed by atoms with Crippen LogP contribution in [0.5, 0.6) is 11.5 Å². The third-order valence-corrected chi connectivity index (χ3v) is 3.55. The molecule has 1 atom stereocenters. The first-order valence-electron chi connectivity index (χ1n) is 7.55. The van der Waals surface area contributed by atoms with Crippen LogP contribution in [0.25, 0.3) is 0 Å². The second kappa shape index (κ2) is 8.72. The van der Waals surface area contributed by atoms with E-state index in [1.54, 1.807) is 20.4 Å². The predicted molar refractivity (Wildman–Crippen MR) is 93.1 cm³/mol. The van der Waals surface area contributed by atoms with Crippen molar-refractivity contribution in [3.05, 3.63) is 59.7 Å². The van der Waals surface area contributed by atoms with Gasteiger partial charge in [-0.25, -0.2) is 4.79 Å². The summed E-state index contributed by atoms with van der Waals surface area (Å²) in [6, 6.07) is 14.5. The van der Waals surface area contributed by atoms with E-state index in [1.807, 2.05) is 48.5 Å². The van der Waals surface area contributed by atoms with Crippen LogP contribution in [0.2, 0.25) is 0 Å². The molecule has 0 heterocycles. The van der Waals surface area contributed by atoms with Crippen molar-refractivity contribution in [3.8, 4) is 11.5 Å². The van der Waals surface area contributed by atoms with E-state index < -0.39 is 6.04 Å². The molecule has 1 unspecified atom stereocenters. The molecule has 2 aromatic carbocycles. The van der Waals surface area contributed by atoms with Crippen molar-refractivity contribution in [2.24, 2.45) is 4.99 Å². The molecule has 0 spiro atoms. The lowest BCUT2D eigenvalue weighted by Gasteiger charge is -2.13. The first-order valence-corrected chi connectivity index (χ1v) is 7.55. The van der Waals surface area contributed by atoms with Gasteiger partial charge in [-0.3, -0.25) is 4.99 Å². The molecule has 0 aliphatic heterocycles. The van der Waals surface area contributed by atoms with Crippen LogP contribution in [0.4, 0.5) is 0 Å². The standard InChI is InChI=1S/C19H21NO4/c1-22-17-10-9-15(12-18(17)23-2)11-16(19(21)24-3)20-13-14-7-5-4-6-8-14/h4-10,12-13,16H,11H2,1-3H3. The molecule has 0 aromatic heterocycles. The molecule has 126 valence electrons. The summed E-state index contributed by atoms with van der Waals surface area (Å²) in [6.07, 6.45) is 2.10. The average molecular weight is 327 g/mol. The summed E-state index contributed by atoms with van der Waals surface area (Å²) in [6.45, 7) is 0. The van der Waals surface area contributed by atoms with E-state index in [0.29, 0.717) is 17.9 Å². The monoisotopic (exact) mass is 327 g/mol. The summed E-state index contributed by atoms with van der Waals surface area (Å²) in [7, 11) is 4.52. The van der Waals surface area contributed by atoms with Crippen LogP contribution < -0.4 is 9.47 Å². The van der Waals surface area contributed by atoms with Crippen molar-refractivity contribution in [3.63, 3.8) is 0 Å². The van der Waals surface area contributed by atoms with Crippen LogP contribution in [0, 0.1) is 0 Å². The minimum atomic E-state index is -0.617. The number of carbonyl (C=O) groups is 1. The highest BCUT2D eigenvalue weighted by atomic mass is 16.5. The number of esters is 1. The smallest absolute Gasteiger partial charge is 0.330 e. The number of aliphatic imine (C=N–C) groups is 1. The molecule has 24 heavy (non-hydrogen) atoms. The molecule has 0 aliphatic rings. The topological polar surface area (TPSA) is 57.1 Å². The van der Waals surface area contributed by atoms with Gasteiger partial charge in [0, 0.05) is 12.6 Å². The Morgan fingerprint density at radius 3 is 2.38 bits per heavy atom. The van der Waals surface area contributed by atoms with Crippen LogP contribution >= 0.6 is 0 Å². The van der Waals surface area contributed by atoms with E-state index in [9.17, 15) is 4.79 Å². The lowest BCUT2D eigenvalue weighted by Crippen LogP contribution is -2.23. The van der Waals surface area contributed by atoms with Gasteiger partial charge in [0.15, 0.2) is 17.5 Å². The number of benzene rings is 2. The Labute approximate surface area is 141 Å². The average Bonchev–Trinajstić information content (AvgIpc) is 2.65. The molecule has 0 radical (unpaired) electrons. The van der Waals surface area contributed by atoms with E-state index in [-0.39, 0.29) is 5.97 Å². The quantitative estimate of drug-likeness (QED) is 0.579. The lowest BCUT2D eigenvalue weighted by molar-refractivity contribution is -0.142. The molecular weight excluding hydrogens is 306 g/mol. The van der Waals surface area contributed by atoms with E-state index in [2.05, 4.69) is 4.99 Å². The highest BCUT2D eigenvalue weighted by Crippen LogP contribution is 2.28. The third-order valence-electron chi connectivity index (χ3n) is 3.55. The van der Waals surface area contributed by atoms with Crippen LogP contribution in [0.3, 0.4) is 0 Å².